The fourth-order valence-corrected chi connectivity index (χ4v) is 2.46. The van der Waals surface area contributed by atoms with E-state index in [0.29, 0.717) is 6.54 Å². The van der Waals surface area contributed by atoms with Gasteiger partial charge in [0.1, 0.15) is 6.04 Å². The molecule has 116 valence electrons. The first-order valence-corrected chi connectivity index (χ1v) is 7.44. The number of piperidine rings is 1. The molecule has 1 aliphatic heterocycles. The number of carbonyl (C=O) groups excluding carboxylic acids is 2. The van der Waals surface area contributed by atoms with Crippen LogP contribution in [-0.2, 0) is 9.59 Å². The summed E-state index contributed by atoms with van der Waals surface area (Å²) in [4.78, 5) is 26.1. The topological polar surface area (TPSA) is 69.6 Å². The average Bonchev–Trinajstić information content (AvgIpc) is 2.36. The monoisotopic (exact) mass is 284 g/mol. The number of nitrogens with one attached hydrogen (secondary N) is 1. The largest absolute Gasteiger partial charge is 0.391 e. The molecule has 0 spiro atoms. The van der Waals surface area contributed by atoms with Crippen LogP contribution in [0.15, 0.2) is 0 Å². The molecule has 20 heavy (non-hydrogen) atoms. The Labute approximate surface area is 121 Å². The third-order valence-electron chi connectivity index (χ3n) is 3.79. The van der Waals surface area contributed by atoms with Crippen LogP contribution in [0.2, 0.25) is 0 Å². The van der Waals surface area contributed by atoms with Crippen LogP contribution < -0.4 is 5.32 Å². The van der Waals surface area contributed by atoms with Crippen molar-refractivity contribution in [2.24, 2.45) is 5.41 Å². The maximum Gasteiger partial charge on any atom is 0.245 e. The van der Waals surface area contributed by atoms with Gasteiger partial charge in [0.2, 0.25) is 11.8 Å². The minimum Gasteiger partial charge on any atom is -0.391 e. The van der Waals surface area contributed by atoms with E-state index in [1.165, 1.54) is 0 Å². The van der Waals surface area contributed by atoms with E-state index in [1.807, 2.05) is 20.8 Å². The van der Waals surface area contributed by atoms with Crippen molar-refractivity contribution in [2.75, 3.05) is 6.54 Å². The highest BCUT2D eigenvalue weighted by atomic mass is 16.3. The molecule has 0 aromatic carbocycles. The zero-order valence-electron chi connectivity index (χ0n) is 13.3. The smallest absolute Gasteiger partial charge is 0.245 e. The molecule has 1 aliphatic rings. The summed E-state index contributed by atoms with van der Waals surface area (Å²) in [7, 11) is 0. The number of aliphatic hydroxyl groups excluding tert-OH is 1. The summed E-state index contributed by atoms with van der Waals surface area (Å²) in [6, 6.07) is -0.689. The predicted molar refractivity (Wildman–Crippen MR) is 78.1 cm³/mol. The van der Waals surface area contributed by atoms with Crippen molar-refractivity contribution in [1.82, 2.24) is 10.2 Å². The van der Waals surface area contributed by atoms with Crippen molar-refractivity contribution in [2.45, 2.75) is 72.1 Å². The van der Waals surface area contributed by atoms with Crippen molar-refractivity contribution >= 4 is 11.8 Å². The Hall–Kier alpha value is -1.10. The number of rotatable bonds is 3. The molecular weight excluding hydrogens is 256 g/mol. The lowest BCUT2D eigenvalue weighted by Gasteiger charge is -2.39. The summed E-state index contributed by atoms with van der Waals surface area (Å²) in [5, 5.41) is 12.6. The summed E-state index contributed by atoms with van der Waals surface area (Å²) in [6.45, 7) is 9.54. The quantitative estimate of drug-likeness (QED) is 0.820. The Morgan fingerprint density at radius 1 is 1.25 bits per heavy atom. The van der Waals surface area contributed by atoms with Gasteiger partial charge in [0, 0.05) is 12.0 Å². The molecule has 5 heteroatoms. The van der Waals surface area contributed by atoms with E-state index in [-0.39, 0.29) is 17.9 Å². The van der Waals surface area contributed by atoms with E-state index in [0.717, 1.165) is 19.3 Å². The molecule has 2 N–H and O–H groups in total. The van der Waals surface area contributed by atoms with Crippen LogP contribution in [0.1, 0.15) is 53.9 Å². The summed E-state index contributed by atoms with van der Waals surface area (Å²) < 4.78 is 0. The van der Waals surface area contributed by atoms with Crippen LogP contribution in [0.3, 0.4) is 0 Å². The normalized spacial score (nSPS) is 23.1. The highest BCUT2D eigenvalue weighted by molar-refractivity contribution is 5.89. The Morgan fingerprint density at radius 2 is 1.85 bits per heavy atom. The number of carbonyl (C=O) groups is 2. The number of hydrogen-bond acceptors (Lipinski definition) is 3. The molecule has 3 atom stereocenters. The van der Waals surface area contributed by atoms with E-state index in [4.69, 9.17) is 0 Å². The van der Waals surface area contributed by atoms with Gasteiger partial charge in [-0.25, -0.2) is 0 Å². The standard InChI is InChI=1S/C15H28N2O3/c1-10(16-14(20)15(3,4)5)13(19)17-9-7-6-8-12(17)11(2)18/h10-12,18H,6-9H2,1-5H3,(H,16,20). The van der Waals surface area contributed by atoms with Gasteiger partial charge in [-0.2, -0.15) is 0 Å². The Morgan fingerprint density at radius 3 is 2.35 bits per heavy atom. The van der Waals surface area contributed by atoms with Crippen LogP contribution in [0.4, 0.5) is 0 Å². The molecule has 0 aromatic rings. The zero-order chi connectivity index (χ0) is 15.5. The zero-order valence-corrected chi connectivity index (χ0v) is 13.3. The molecule has 1 rings (SSSR count). The summed E-state index contributed by atoms with van der Waals surface area (Å²) >= 11 is 0. The Balaban J connectivity index is 2.70. The summed E-state index contributed by atoms with van der Waals surface area (Å²) in [5.74, 6) is -0.239. The van der Waals surface area contributed by atoms with Crippen molar-refractivity contribution < 1.29 is 14.7 Å². The molecular formula is C15H28N2O3. The van der Waals surface area contributed by atoms with Gasteiger partial charge in [-0.15, -0.1) is 0 Å². The molecule has 2 amide bonds. The molecule has 1 fully saturated rings. The number of amides is 2. The van der Waals surface area contributed by atoms with Crippen LogP contribution in [-0.4, -0.2) is 46.6 Å². The van der Waals surface area contributed by atoms with Crippen molar-refractivity contribution in [3.05, 3.63) is 0 Å². The highest BCUT2D eigenvalue weighted by Crippen LogP contribution is 2.21. The number of aliphatic hydroxyl groups is 1. The second-order valence-corrected chi connectivity index (χ2v) is 6.78. The molecule has 3 unspecified atom stereocenters. The van der Waals surface area contributed by atoms with E-state index in [2.05, 4.69) is 5.32 Å². The number of likely N-dealkylation sites (tertiary alicyclic amines) is 1. The lowest BCUT2D eigenvalue weighted by Crippen LogP contribution is -2.56. The van der Waals surface area contributed by atoms with Gasteiger partial charge in [0.25, 0.3) is 0 Å². The molecule has 0 radical (unpaired) electrons. The third-order valence-corrected chi connectivity index (χ3v) is 3.79. The van der Waals surface area contributed by atoms with Gasteiger partial charge >= 0.3 is 0 Å². The van der Waals surface area contributed by atoms with E-state index < -0.39 is 17.6 Å². The second-order valence-electron chi connectivity index (χ2n) is 6.78. The Bertz CT molecular complexity index is 361. The second kappa shape index (κ2) is 6.57. The van der Waals surface area contributed by atoms with E-state index in [9.17, 15) is 14.7 Å². The molecule has 1 heterocycles. The average molecular weight is 284 g/mol. The molecule has 0 saturated carbocycles. The first-order valence-electron chi connectivity index (χ1n) is 7.44. The summed E-state index contributed by atoms with van der Waals surface area (Å²) in [5.41, 5.74) is -0.514. The van der Waals surface area contributed by atoms with Gasteiger partial charge < -0.3 is 15.3 Å². The van der Waals surface area contributed by atoms with Gasteiger partial charge in [-0.3, -0.25) is 9.59 Å². The third kappa shape index (κ3) is 4.20. The van der Waals surface area contributed by atoms with E-state index >= 15 is 0 Å². The number of hydrogen-bond donors (Lipinski definition) is 2. The Kier molecular flexibility index (Phi) is 5.57. The van der Waals surface area contributed by atoms with Crippen molar-refractivity contribution in [1.29, 1.82) is 0 Å². The van der Waals surface area contributed by atoms with Gasteiger partial charge in [0.15, 0.2) is 0 Å². The molecule has 0 aliphatic carbocycles. The molecule has 1 saturated heterocycles. The van der Waals surface area contributed by atoms with Crippen LogP contribution in [0, 0.1) is 5.41 Å². The molecule has 0 aromatic heterocycles. The van der Waals surface area contributed by atoms with Crippen LogP contribution in [0.5, 0.6) is 0 Å². The summed E-state index contributed by atoms with van der Waals surface area (Å²) in [6.07, 6.45) is 2.27. The first kappa shape index (κ1) is 17.0. The first-order chi connectivity index (χ1) is 9.14. The fourth-order valence-electron chi connectivity index (χ4n) is 2.46. The van der Waals surface area contributed by atoms with Crippen LogP contribution in [0.25, 0.3) is 0 Å². The molecule has 0 bridgehead atoms. The highest BCUT2D eigenvalue weighted by Gasteiger charge is 2.33. The maximum atomic E-state index is 12.5. The minimum absolute atomic E-state index is 0.104. The molecule has 5 nitrogen and oxygen atoms in total. The minimum atomic E-state index is -0.555. The van der Waals surface area contributed by atoms with Gasteiger partial charge in [0.05, 0.1) is 12.1 Å². The van der Waals surface area contributed by atoms with E-state index in [1.54, 1.807) is 18.7 Å². The van der Waals surface area contributed by atoms with Crippen LogP contribution >= 0.6 is 0 Å². The van der Waals surface area contributed by atoms with Crippen molar-refractivity contribution in [3.8, 4) is 0 Å². The SMILES string of the molecule is CC(NC(=O)C(C)(C)C)C(=O)N1CCCCC1C(C)O. The van der Waals surface area contributed by atoms with Gasteiger partial charge in [-0.1, -0.05) is 20.8 Å². The fraction of sp³-hybridized carbons (Fsp3) is 0.867. The number of nitrogens with zero attached hydrogens (tertiary/aromatic N) is 1. The lowest BCUT2D eigenvalue weighted by molar-refractivity contribution is -0.142. The van der Waals surface area contributed by atoms with Crippen molar-refractivity contribution in [3.63, 3.8) is 0 Å². The maximum absolute atomic E-state index is 12.5. The predicted octanol–water partition coefficient (Wildman–Crippen LogP) is 1.30. The van der Waals surface area contributed by atoms with Gasteiger partial charge in [-0.05, 0) is 33.1 Å². The lowest BCUT2D eigenvalue weighted by atomic mass is 9.94.